The third-order valence-electron chi connectivity index (χ3n) is 3.70. The molecule has 0 fully saturated rings. The summed E-state index contributed by atoms with van der Waals surface area (Å²) in [6.45, 7) is 1.86. The zero-order chi connectivity index (χ0) is 17.7. The highest BCUT2D eigenvalue weighted by Crippen LogP contribution is 2.22. The van der Waals surface area contributed by atoms with E-state index in [4.69, 9.17) is 22.1 Å². The predicted molar refractivity (Wildman–Crippen MR) is 93.1 cm³/mol. The van der Waals surface area contributed by atoms with Gasteiger partial charge in [0.1, 0.15) is 6.10 Å². The minimum absolute atomic E-state index is 0.255. The largest absolute Gasteiger partial charge is 0.375 e. The lowest BCUT2D eigenvalue weighted by Gasteiger charge is -2.24. The normalized spacial score (nSPS) is 13.1. The fourth-order valence-electron chi connectivity index (χ4n) is 2.43. The van der Waals surface area contributed by atoms with Crippen LogP contribution in [0.15, 0.2) is 48.5 Å². The van der Waals surface area contributed by atoms with E-state index in [-0.39, 0.29) is 18.1 Å². The summed E-state index contributed by atoms with van der Waals surface area (Å²) in [6.07, 6.45) is -0.309. The van der Waals surface area contributed by atoms with Crippen molar-refractivity contribution in [3.05, 3.63) is 70.2 Å². The van der Waals surface area contributed by atoms with E-state index >= 15 is 0 Å². The number of hydrogen-bond acceptors (Lipinski definition) is 3. The molecule has 2 unspecified atom stereocenters. The molecule has 0 saturated heterocycles. The van der Waals surface area contributed by atoms with E-state index < -0.39 is 5.91 Å². The van der Waals surface area contributed by atoms with E-state index in [0.29, 0.717) is 16.1 Å². The van der Waals surface area contributed by atoms with E-state index in [0.717, 1.165) is 5.56 Å². The monoisotopic (exact) mass is 346 g/mol. The Morgan fingerprint density at radius 3 is 2.08 bits per heavy atom. The Balaban J connectivity index is 2.08. The number of hydrogen-bond donors (Lipinski definition) is 2. The van der Waals surface area contributed by atoms with Gasteiger partial charge in [0.2, 0.25) is 5.91 Å². The zero-order valence-corrected chi connectivity index (χ0v) is 14.2. The molecule has 2 aromatic rings. The summed E-state index contributed by atoms with van der Waals surface area (Å²) in [5.74, 6) is -0.785. The molecular formula is C18H19ClN2O3. The molecule has 24 heavy (non-hydrogen) atoms. The molecule has 0 aromatic heterocycles. The summed E-state index contributed by atoms with van der Waals surface area (Å²) in [4.78, 5) is 23.4. The quantitative estimate of drug-likeness (QED) is 0.843. The third kappa shape index (κ3) is 4.34. The van der Waals surface area contributed by atoms with Crippen LogP contribution in [0.1, 0.15) is 39.3 Å². The lowest BCUT2D eigenvalue weighted by molar-refractivity contribution is 0.0645. The van der Waals surface area contributed by atoms with Gasteiger partial charge in [-0.15, -0.1) is 0 Å². The second kappa shape index (κ2) is 7.95. The number of carbonyl (C=O) groups is 2. The van der Waals surface area contributed by atoms with Crippen molar-refractivity contribution in [1.82, 2.24) is 5.32 Å². The number of nitrogens with two attached hydrogens (primary N) is 1. The minimum Gasteiger partial charge on any atom is -0.375 e. The van der Waals surface area contributed by atoms with Crippen LogP contribution in [-0.4, -0.2) is 25.0 Å². The lowest BCUT2D eigenvalue weighted by Crippen LogP contribution is -2.37. The van der Waals surface area contributed by atoms with Crippen LogP contribution in [0.5, 0.6) is 0 Å². The number of nitrogens with one attached hydrogen (secondary N) is 1. The van der Waals surface area contributed by atoms with Crippen molar-refractivity contribution in [2.24, 2.45) is 5.73 Å². The molecule has 0 saturated carbocycles. The Hall–Kier alpha value is -2.37. The van der Waals surface area contributed by atoms with Gasteiger partial charge in [0.25, 0.3) is 5.91 Å². The summed E-state index contributed by atoms with van der Waals surface area (Å²) in [6, 6.07) is 13.2. The molecule has 0 radical (unpaired) electrons. The molecule has 2 aromatic carbocycles. The summed E-state index contributed by atoms with van der Waals surface area (Å²) >= 11 is 5.90. The van der Waals surface area contributed by atoms with Gasteiger partial charge in [0.05, 0.1) is 6.04 Å². The van der Waals surface area contributed by atoms with Gasteiger partial charge >= 0.3 is 0 Å². The summed E-state index contributed by atoms with van der Waals surface area (Å²) in [7, 11) is 1.59. The predicted octanol–water partition coefficient (Wildman–Crippen LogP) is 2.94. The molecule has 3 N–H and O–H groups in total. The summed E-state index contributed by atoms with van der Waals surface area (Å²) in [5.41, 5.74) is 6.90. The van der Waals surface area contributed by atoms with Crippen molar-refractivity contribution in [1.29, 1.82) is 0 Å². The van der Waals surface area contributed by atoms with E-state index in [1.165, 1.54) is 12.1 Å². The summed E-state index contributed by atoms with van der Waals surface area (Å²) in [5, 5.41) is 3.53. The Kier molecular flexibility index (Phi) is 5.95. The molecule has 0 bridgehead atoms. The number of rotatable bonds is 6. The molecule has 2 rings (SSSR count). The van der Waals surface area contributed by atoms with Crippen molar-refractivity contribution in [3.63, 3.8) is 0 Å². The molecule has 2 atom stereocenters. The van der Waals surface area contributed by atoms with Gasteiger partial charge in [-0.2, -0.15) is 0 Å². The molecule has 0 aliphatic rings. The smallest absolute Gasteiger partial charge is 0.251 e. The number of primary amides is 1. The highest BCUT2D eigenvalue weighted by atomic mass is 35.5. The lowest BCUT2D eigenvalue weighted by atomic mass is 10.0. The first kappa shape index (κ1) is 18.0. The maximum atomic E-state index is 12.3. The highest BCUT2D eigenvalue weighted by Gasteiger charge is 2.21. The zero-order valence-electron chi connectivity index (χ0n) is 13.5. The van der Waals surface area contributed by atoms with Crippen molar-refractivity contribution in [2.75, 3.05) is 7.11 Å². The molecule has 126 valence electrons. The van der Waals surface area contributed by atoms with Crippen LogP contribution in [-0.2, 0) is 4.74 Å². The van der Waals surface area contributed by atoms with Gasteiger partial charge in [0, 0.05) is 23.3 Å². The van der Waals surface area contributed by atoms with Crippen LogP contribution >= 0.6 is 11.6 Å². The first-order valence-electron chi connectivity index (χ1n) is 7.41. The van der Waals surface area contributed by atoms with E-state index in [1.807, 2.05) is 19.1 Å². The van der Waals surface area contributed by atoms with E-state index in [9.17, 15) is 9.59 Å². The Labute approximate surface area is 145 Å². The number of amides is 2. The van der Waals surface area contributed by atoms with Crippen molar-refractivity contribution in [3.8, 4) is 0 Å². The first-order valence-corrected chi connectivity index (χ1v) is 7.79. The van der Waals surface area contributed by atoms with E-state index in [2.05, 4.69) is 5.32 Å². The molecule has 6 heteroatoms. The van der Waals surface area contributed by atoms with Gasteiger partial charge in [0.15, 0.2) is 0 Å². The fraction of sp³-hybridized carbons (Fsp3) is 0.222. The SMILES string of the molecule is COC(c1ccc(Cl)cc1)C(C)NC(=O)c1ccc(C(N)=O)cc1. The van der Waals surface area contributed by atoms with Gasteiger partial charge in [-0.1, -0.05) is 23.7 Å². The van der Waals surface area contributed by atoms with Crippen molar-refractivity contribution >= 4 is 23.4 Å². The van der Waals surface area contributed by atoms with Crippen molar-refractivity contribution < 1.29 is 14.3 Å². The maximum Gasteiger partial charge on any atom is 0.251 e. The average molecular weight is 347 g/mol. The number of ether oxygens (including phenoxy) is 1. The van der Waals surface area contributed by atoms with Crippen LogP contribution in [0.25, 0.3) is 0 Å². The van der Waals surface area contributed by atoms with Gasteiger partial charge in [-0.25, -0.2) is 0 Å². The molecule has 0 heterocycles. The van der Waals surface area contributed by atoms with Gasteiger partial charge in [-0.05, 0) is 48.9 Å². The van der Waals surface area contributed by atoms with Gasteiger partial charge in [-0.3, -0.25) is 9.59 Å². The Morgan fingerprint density at radius 2 is 1.58 bits per heavy atom. The third-order valence-corrected chi connectivity index (χ3v) is 3.95. The van der Waals surface area contributed by atoms with Crippen LogP contribution in [0.3, 0.4) is 0 Å². The number of benzene rings is 2. The van der Waals surface area contributed by atoms with Crippen LogP contribution in [0, 0.1) is 0 Å². The minimum atomic E-state index is -0.530. The molecular weight excluding hydrogens is 328 g/mol. The Bertz CT molecular complexity index is 714. The fourth-order valence-corrected chi connectivity index (χ4v) is 2.56. The molecule has 0 aliphatic carbocycles. The molecule has 0 spiro atoms. The highest BCUT2D eigenvalue weighted by molar-refractivity contribution is 6.30. The number of carbonyl (C=O) groups excluding carboxylic acids is 2. The number of halogens is 1. The maximum absolute atomic E-state index is 12.3. The van der Waals surface area contributed by atoms with Crippen LogP contribution < -0.4 is 11.1 Å². The standard InChI is InChI=1S/C18H19ClN2O3/c1-11(16(24-2)12-7-9-15(19)10-8-12)21-18(23)14-5-3-13(4-6-14)17(20)22/h3-11,16H,1-2H3,(H2,20,22)(H,21,23). The first-order chi connectivity index (χ1) is 11.4. The second-order valence-corrected chi connectivity index (χ2v) is 5.85. The molecule has 0 aliphatic heterocycles. The van der Waals surface area contributed by atoms with E-state index in [1.54, 1.807) is 31.4 Å². The average Bonchev–Trinajstić information content (AvgIpc) is 2.57. The number of methoxy groups -OCH3 is 1. The summed E-state index contributed by atoms with van der Waals surface area (Å²) < 4.78 is 5.51. The molecule has 5 nitrogen and oxygen atoms in total. The van der Waals surface area contributed by atoms with Gasteiger partial charge < -0.3 is 15.8 Å². The van der Waals surface area contributed by atoms with Crippen LogP contribution in [0.4, 0.5) is 0 Å². The van der Waals surface area contributed by atoms with Crippen molar-refractivity contribution in [2.45, 2.75) is 19.1 Å². The topological polar surface area (TPSA) is 81.4 Å². The Morgan fingerprint density at radius 1 is 1.04 bits per heavy atom. The van der Waals surface area contributed by atoms with Crippen LogP contribution in [0.2, 0.25) is 5.02 Å². The molecule has 2 amide bonds. The second-order valence-electron chi connectivity index (χ2n) is 5.41.